The Kier molecular flexibility index (Phi) is 8.84. The van der Waals surface area contributed by atoms with E-state index in [-0.39, 0.29) is 0 Å². The van der Waals surface area contributed by atoms with Crippen LogP contribution in [0.4, 0.5) is 0 Å². The van der Waals surface area contributed by atoms with Gasteiger partial charge in [-0.25, -0.2) is 15.0 Å². The molecule has 0 amide bonds. The highest BCUT2D eigenvalue weighted by atomic mass is 32.3. The van der Waals surface area contributed by atoms with Gasteiger partial charge >= 0.3 is 0 Å². The molecule has 1 aliphatic rings. The van der Waals surface area contributed by atoms with Crippen molar-refractivity contribution in [3.63, 3.8) is 0 Å². The maximum atomic E-state index is 8.98. The summed E-state index contributed by atoms with van der Waals surface area (Å²) in [6.07, 6.45) is 17.5. The molecule has 3 aromatic rings. The van der Waals surface area contributed by atoms with Gasteiger partial charge in [0.1, 0.15) is 12.4 Å². The third-order valence-corrected chi connectivity index (χ3v) is 7.96. The number of rotatable bonds is 12. The molecule has 8 nitrogen and oxygen atoms in total. The molecule has 0 aliphatic carbocycles. The van der Waals surface area contributed by atoms with Crippen molar-refractivity contribution < 1.29 is 4.74 Å². The summed E-state index contributed by atoms with van der Waals surface area (Å²) in [7, 11) is -0.551. The number of nitrogens with one attached hydrogen (secondary N) is 1. The maximum Gasteiger partial charge on any atom is 0.142 e. The largest absolute Gasteiger partial charge is 0.360 e. The predicted molar refractivity (Wildman–Crippen MR) is 145 cm³/mol. The highest BCUT2D eigenvalue weighted by molar-refractivity contribution is 8.32. The molecule has 0 radical (unpaired) electrons. The zero-order valence-corrected chi connectivity index (χ0v) is 22.1. The van der Waals surface area contributed by atoms with Crippen molar-refractivity contribution in [3.05, 3.63) is 36.9 Å². The summed E-state index contributed by atoms with van der Waals surface area (Å²) in [4.78, 5) is 7.18. The van der Waals surface area contributed by atoms with Crippen LogP contribution in [-0.4, -0.2) is 87.6 Å². The fourth-order valence-electron chi connectivity index (χ4n) is 4.59. The molecule has 1 N–H and O–H groups in total. The topological polar surface area (TPSA) is 83.9 Å². The van der Waals surface area contributed by atoms with Crippen LogP contribution in [0.25, 0.3) is 22.2 Å². The van der Waals surface area contributed by atoms with Crippen LogP contribution >= 0.6 is 10.0 Å². The van der Waals surface area contributed by atoms with Gasteiger partial charge in [-0.05, 0) is 49.3 Å². The summed E-state index contributed by atoms with van der Waals surface area (Å²) < 4.78 is 10.1. The van der Waals surface area contributed by atoms with E-state index in [0.29, 0.717) is 19.2 Å². The number of unbranched alkanes of at least 4 members (excludes halogenated alkanes) is 1. The highest BCUT2D eigenvalue weighted by Gasteiger charge is 2.21. The van der Waals surface area contributed by atoms with Gasteiger partial charge in [-0.2, -0.15) is 10.4 Å². The predicted octanol–water partition coefficient (Wildman–Crippen LogP) is 3.54. The van der Waals surface area contributed by atoms with Crippen LogP contribution in [0.3, 0.4) is 0 Å². The Morgan fingerprint density at radius 1 is 1.23 bits per heavy atom. The molecule has 1 fully saturated rings. The van der Waals surface area contributed by atoms with Crippen LogP contribution < -0.4 is 5.32 Å². The summed E-state index contributed by atoms with van der Waals surface area (Å²) in [5.41, 5.74) is 3.18. The molecule has 0 spiro atoms. The van der Waals surface area contributed by atoms with E-state index >= 15 is 0 Å². The summed E-state index contributed by atoms with van der Waals surface area (Å²) in [6.45, 7) is 6.26. The summed E-state index contributed by atoms with van der Waals surface area (Å²) in [5, 5.41) is 18.2. The first-order valence-corrected chi connectivity index (χ1v) is 15.5. The van der Waals surface area contributed by atoms with Crippen LogP contribution in [0.15, 0.2) is 36.9 Å². The minimum atomic E-state index is -0.551. The normalized spacial score (nSPS) is 16.4. The molecule has 0 bridgehead atoms. The third kappa shape index (κ3) is 7.07. The molecule has 1 aliphatic heterocycles. The monoisotopic (exact) mass is 497 g/mol. The Bertz CT molecular complexity index is 1120. The van der Waals surface area contributed by atoms with E-state index in [0.717, 1.165) is 80.1 Å². The van der Waals surface area contributed by atoms with Crippen LogP contribution in [0.2, 0.25) is 0 Å². The molecule has 0 aromatic carbocycles. The van der Waals surface area contributed by atoms with Gasteiger partial charge in [-0.1, -0.05) is 0 Å². The maximum absolute atomic E-state index is 8.98. The van der Waals surface area contributed by atoms with Crippen molar-refractivity contribution in [2.75, 3.05) is 57.3 Å². The van der Waals surface area contributed by atoms with Crippen molar-refractivity contribution in [2.45, 2.75) is 38.6 Å². The average Bonchev–Trinajstić information content (AvgIpc) is 3.48. The van der Waals surface area contributed by atoms with E-state index < -0.39 is 10.0 Å². The number of pyridine rings is 1. The minimum Gasteiger partial charge on any atom is -0.360 e. The third-order valence-electron chi connectivity index (χ3n) is 6.57. The average molecular weight is 498 g/mol. The second-order valence-electron chi connectivity index (χ2n) is 10.2. The van der Waals surface area contributed by atoms with Gasteiger partial charge in [0, 0.05) is 73.9 Å². The van der Waals surface area contributed by atoms with Gasteiger partial charge in [-0.15, -0.1) is 0 Å². The van der Waals surface area contributed by atoms with Crippen molar-refractivity contribution in [1.82, 2.24) is 29.5 Å². The Labute approximate surface area is 210 Å². The van der Waals surface area contributed by atoms with Gasteiger partial charge in [0.05, 0.1) is 25.4 Å². The first-order valence-electron chi connectivity index (χ1n) is 12.5. The SMILES string of the molecule is CS(C)(C)CCOCn1ccc2c(-c3cnn(C[C@@H](CCCC#N)N4CCNCC4)c3)ccnc21. The number of nitriles is 1. The van der Waals surface area contributed by atoms with E-state index in [1.807, 2.05) is 12.4 Å². The van der Waals surface area contributed by atoms with Crippen LogP contribution in [0.5, 0.6) is 0 Å². The fraction of sp³-hybridized carbons (Fsp3) is 0.577. The molecule has 4 rings (SSSR count). The molecular weight excluding hydrogens is 458 g/mol. The number of hydrogen-bond donors (Lipinski definition) is 1. The van der Waals surface area contributed by atoms with Gasteiger partial charge in [0.25, 0.3) is 0 Å². The first kappa shape index (κ1) is 25.7. The number of fused-ring (bicyclic) bond motifs is 1. The number of aromatic nitrogens is 4. The fourth-order valence-corrected chi connectivity index (χ4v) is 5.21. The Balaban J connectivity index is 1.46. The van der Waals surface area contributed by atoms with Crippen LogP contribution in [0, 0.1) is 11.3 Å². The highest BCUT2D eigenvalue weighted by Crippen LogP contribution is 2.33. The molecule has 1 atom stereocenters. The molecule has 9 heteroatoms. The molecular formula is C26H39N7OS. The van der Waals surface area contributed by atoms with Crippen molar-refractivity contribution >= 4 is 21.1 Å². The molecule has 190 valence electrons. The van der Waals surface area contributed by atoms with Gasteiger partial charge in [-0.3, -0.25) is 9.58 Å². The molecule has 0 unspecified atom stereocenters. The summed E-state index contributed by atoms with van der Waals surface area (Å²) in [6, 6.07) is 6.87. The zero-order chi connectivity index (χ0) is 24.7. The number of ether oxygens (including phenoxy) is 1. The number of hydrogen-bond acceptors (Lipinski definition) is 6. The van der Waals surface area contributed by atoms with Crippen LogP contribution in [0.1, 0.15) is 19.3 Å². The van der Waals surface area contributed by atoms with E-state index in [1.54, 1.807) is 0 Å². The lowest BCUT2D eigenvalue weighted by Crippen LogP contribution is -2.49. The smallest absolute Gasteiger partial charge is 0.142 e. The van der Waals surface area contributed by atoms with E-state index in [4.69, 9.17) is 15.1 Å². The number of nitrogens with zero attached hydrogens (tertiary/aromatic N) is 6. The molecule has 35 heavy (non-hydrogen) atoms. The Hall–Kier alpha value is -2.38. The first-order chi connectivity index (χ1) is 16.9. The molecule has 4 heterocycles. The summed E-state index contributed by atoms with van der Waals surface area (Å²) in [5.74, 6) is 1.11. The summed E-state index contributed by atoms with van der Waals surface area (Å²) >= 11 is 0. The second kappa shape index (κ2) is 12.0. The van der Waals surface area contributed by atoms with Gasteiger partial charge in [0.2, 0.25) is 0 Å². The molecule has 3 aromatic heterocycles. The standard InChI is InChI=1S/C26H39N7OS/c1-35(2,3)17-16-34-21-32-13-8-25-24(7-10-29-26(25)32)22-18-30-33(19-22)20-23(6-4-5-9-27)31-14-11-28-12-15-31/h7-8,10,13,18-19,23,28H,4-6,11-12,14-17,20-21H2,1-3H3/t23-/m1/s1. The van der Waals surface area contributed by atoms with E-state index in [9.17, 15) is 0 Å². The van der Waals surface area contributed by atoms with Gasteiger partial charge in [0.15, 0.2) is 0 Å². The Morgan fingerprint density at radius 2 is 2.06 bits per heavy atom. The minimum absolute atomic E-state index is 0.392. The lowest BCUT2D eigenvalue weighted by atomic mass is 10.1. The van der Waals surface area contributed by atoms with E-state index in [2.05, 4.69) is 73.8 Å². The van der Waals surface area contributed by atoms with Crippen LogP contribution in [-0.2, 0) is 18.0 Å². The second-order valence-corrected chi connectivity index (χ2v) is 14.7. The lowest BCUT2D eigenvalue weighted by Gasteiger charge is -2.35. The number of piperazine rings is 1. The molecule has 0 saturated carbocycles. The quantitative estimate of drug-likeness (QED) is 0.386. The molecule has 1 saturated heterocycles. The van der Waals surface area contributed by atoms with Crippen molar-refractivity contribution in [2.24, 2.45) is 0 Å². The van der Waals surface area contributed by atoms with E-state index in [1.165, 1.54) is 0 Å². The van der Waals surface area contributed by atoms with Crippen molar-refractivity contribution in [3.8, 4) is 17.2 Å². The Morgan fingerprint density at radius 3 is 2.83 bits per heavy atom. The lowest BCUT2D eigenvalue weighted by molar-refractivity contribution is 0.0924. The van der Waals surface area contributed by atoms with Crippen molar-refractivity contribution in [1.29, 1.82) is 5.26 Å². The zero-order valence-electron chi connectivity index (χ0n) is 21.3. The van der Waals surface area contributed by atoms with Gasteiger partial charge < -0.3 is 14.6 Å².